The standard InChI is InChI=1S/C15H17NO2S/c1-9-8-14(19-11(3)10(2)17)16-15-12(9)6-5-7-13(15)18-4/h5-8,11H,1-4H3/t11-/m1/s1. The molecule has 1 aromatic heterocycles. The molecule has 0 unspecified atom stereocenters. The summed E-state index contributed by atoms with van der Waals surface area (Å²) in [5.74, 6) is 0.920. The highest BCUT2D eigenvalue weighted by Crippen LogP contribution is 2.31. The van der Waals surface area contributed by atoms with Gasteiger partial charge >= 0.3 is 0 Å². The Hall–Kier alpha value is -1.55. The van der Waals surface area contributed by atoms with Gasteiger partial charge in [0.25, 0.3) is 0 Å². The summed E-state index contributed by atoms with van der Waals surface area (Å²) in [7, 11) is 1.64. The van der Waals surface area contributed by atoms with Crippen LogP contribution in [0.5, 0.6) is 5.75 Å². The van der Waals surface area contributed by atoms with Crippen LogP contribution in [0, 0.1) is 6.92 Å². The van der Waals surface area contributed by atoms with Crippen LogP contribution in [0.3, 0.4) is 0 Å². The second-order valence-corrected chi connectivity index (χ2v) is 5.87. The van der Waals surface area contributed by atoms with Crippen molar-refractivity contribution in [1.29, 1.82) is 0 Å². The number of thioether (sulfide) groups is 1. The number of pyridine rings is 1. The van der Waals surface area contributed by atoms with Crippen molar-refractivity contribution in [3.05, 3.63) is 29.8 Å². The number of Topliss-reactive ketones (excluding diaryl/α,β-unsaturated/α-hetero) is 1. The Labute approximate surface area is 117 Å². The molecule has 0 fully saturated rings. The van der Waals surface area contributed by atoms with Gasteiger partial charge in [0.15, 0.2) is 0 Å². The van der Waals surface area contributed by atoms with E-state index in [-0.39, 0.29) is 11.0 Å². The average molecular weight is 275 g/mol. The van der Waals surface area contributed by atoms with Crippen molar-refractivity contribution in [2.45, 2.75) is 31.0 Å². The quantitative estimate of drug-likeness (QED) is 0.799. The van der Waals surface area contributed by atoms with Crippen molar-refractivity contribution >= 4 is 28.4 Å². The largest absolute Gasteiger partial charge is 0.494 e. The van der Waals surface area contributed by atoms with Gasteiger partial charge in [-0.25, -0.2) is 4.98 Å². The first-order chi connectivity index (χ1) is 9.02. The summed E-state index contributed by atoms with van der Waals surface area (Å²) in [6.07, 6.45) is 0. The number of para-hydroxylation sites is 1. The molecular weight excluding hydrogens is 258 g/mol. The highest BCUT2D eigenvalue weighted by atomic mass is 32.2. The molecule has 0 radical (unpaired) electrons. The first-order valence-electron chi connectivity index (χ1n) is 6.14. The molecule has 0 aliphatic rings. The molecule has 0 saturated heterocycles. The van der Waals surface area contributed by atoms with E-state index in [0.717, 1.165) is 27.2 Å². The van der Waals surface area contributed by atoms with Crippen LogP contribution in [0.2, 0.25) is 0 Å². The number of fused-ring (bicyclic) bond motifs is 1. The minimum Gasteiger partial charge on any atom is -0.494 e. The smallest absolute Gasteiger partial charge is 0.145 e. The monoisotopic (exact) mass is 275 g/mol. The van der Waals surface area contributed by atoms with Crippen LogP contribution in [-0.2, 0) is 4.79 Å². The number of ether oxygens (including phenoxy) is 1. The summed E-state index contributed by atoms with van der Waals surface area (Å²) >= 11 is 1.48. The average Bonchev–Trinajstić information content (AvgIpc) is 2.38. The summed E-state index contributed by atoms with van der Waals surface area (Å²) < 4.78 is 5.35. The fraction of sp³-hybridized carbons (Fsp3) is 0.333. The van der Waals surface area contributed by atoms with Crippen molar-refractivity contribution < 1.29 is 9.53 Å². The van der Waals surface area contributed by atoms with Gasteiger partial charge in [0.1, 0.15) is 17.0 Å². The fourth-order valence-electron chi connectivity index (χ4n) is 1.85. The molecule has 1 atom stereocenters. The van der Waals surface area contributed by atoms with Gasteiger partial charge in [0, 0.05) is 5.39 Å². The van der Waals surface area contributed by atoms with Crippen LogP contribution in [-0.4, -0.2) is 23.1 Å². The van der Waals surface area contributed by atoms with Gasteiger partial charge in [-0.15, -0.1) is 0 Å². The summed E-state index contributed by atoms with van der Waals surface area (Å²) in [6, 6.07) is 7.91. The number of hydrogen-bond donors (Lipinski definition) is 0. The maximum Gasteiger partial charge on any atom is 0.145 e. The van der Waals surface area contributed by atoms with Crippen molar-refractivity contribution in [1.82, 2.24) is 4.98 Å². The molecule has 1 heterocycles. The molecule has 0 N–H and O–H groups in total. The Kier molecular flexibility index (Phi) is 4.10. The molecule has 0 saturated carbocycles. The molecule has 100 valence electrons. The van der Waals surface area contributed by atoms with Crippen LogP contribution in [0.4, 0.5) is 0 Å². The number of carbonyl (C=O) groups excluding carboxylic acids is 1. The molecule has 3 nitrogen and oxygen atoms in total. The van der Waals surface area contributed by atoms with E-state index < -0.39 is 0 Å². The van der Waals surface area contributed by atoms with Crippen molar-refractivity contribution in [3.63, 3.8) is 0 Å². The zero-order chi connectivity index (χ0) is 14.0. The number of rotatable bonds is 4. The summed E-state index contributed by atoms with van der Waals surface area (Å²) in [5, 5.41) is 1.86. The van der Waals surface area contributed by atoms with Crippen LogP contribution >= 0.6 is 11.8 Å². The minimum absolute atomic E-state index is 0.0842. The Morgan fingerprint density at radius 1 is 1.42 bits per heavy atom. The molecule has 4 heteroatoms. The number of methoxy groups -OCH3 is 1. The van der Waals surface area contributed by atoms with Crippen LogP contribution in [0.25, 0.3) is 10.9 Å². The lowest BCUT2D eigenvalue weighted by Crippen LogP contribution is -2.08. The van der Waals surface area contributed by atoms with Crippen LogP contribution in [0.1, 0.15) is 19.4 Å². The number of carbonyl (C=O) groups is 1. The van der Waals surface area contributed by atoms with E-state index in [0.29, 0.717) is 0 Å². The fourth-order valence-corrected chi connectivity index (χ4v) is 2.77. The molecule has 0 aliphatic heterocycles. The Morgan fingerprint density at radius 2 is 2.16 bits per heavy atom. The second kappa shape index (κ2) is 5.61. The number of ketones is 1. The number of aromatic nitrogens is 1. The Bertz CT molecular complexity index is 625. The van der Waals surface area contributed by atoms with Crippen molar-refractivity contribution in [2.75, 3.05) is 7.11 Å². The van der Waals surface area contributed by atoms with E-state index >= 15 is 0 Å². The minimum atomic E-state index is -0.0842. The van der Waals surface area contributed by atoms with Gasteiger partial charge in [0.2, 0.25) is 0 Å². The topological polar surface area (TPSA) is 39.2 Å². The number of aryl methyl sites for hydroxylation is 1. The molecule has 2 rings (SSSR count). The van der Waals surface area contributed by atoms with Crippen molar-refractivity contribution in [3.8, 4) is 5.75 Å². The first-order valence-corrected chi connectivity index (χ1v) is 7.02. The van der Waals surface area contributed by atoms with E-state index in [1.165, 1.54) is 11.8 Å². The predicted octanol–water partition coefficient (Wildman–Crippen LogP) is 3.62. The first kappa shape index (κ1) is 13.9. The molecule has 0 spiro atoms. The Balaban J connectivity index is 2.50. The van der Waals surface area contributed by atoms with Crippen LogP contribution < -0.4 is 4.74 Å². The zero-order valence-electron chi connectivity index (χ0n) is 11.6. The summed E-state index contributed by atoms with van der Waals surface area (Å²) in [6.45, 7) is 5.55. The predicted molar refractivity (Wildman–Crippen MR) is 79.0 cm³/mol. The third kappa shape index (κ3) is 2.89. The zero-order valence-corrected chi connectivity index (χ0v) is 12.4. The van der Waals surface area contributed by atoms with E-state index in [4.69, 9.17) is 4.74 Å². The highest BCUT2D eigenvalue weighted by Gasteiger charge is 2.13. The van der Waals surface area contributed by atoms with Gasteiger partial charge in [-0.2, -0.15) is 0 Å². The molecule has 0 aliphatic carbocycles. The Morgan fingerprint density at radius 3 is 2.79 bits per heavy atom. The van der Waals surface area contributed by atoms with Crippen molar-refractivity contribution in [2.24, 2.45) is 0 Å². The molecule has 0 bridgehead atoms. The number of hydrogen-bond acceptors (Lipinski definition) is 4. The van der Waals surface area contributed by atoms with E-state index in [9.17, 15) is 4.79 Å². The van der Waals surface area contributed by atoms with Gasteiger partial charge in [-0.1, -0.05) is 23.9 Å². The van der Waals surface area contributed by atoms with Gasteiger partial charge < -0.3 is 4.74 Å². The van der Waals surface area contributed by atoms with E-state index in [1.807, 2.05) is 38.1 Å². The van der Waals surface area contributed by atoms with E-state index in [2.05, 4.69) is 4.98 Å². The summed E-state index contributed by atoms with van der Waals surface area (Å²) in [5.41, 5.74) is 1.99. The molecule has 19 heavy (non-hydrogen) atoms. The third-order valence-electron chi connectivity index (χ3n) is 3.08. The molecule has 0 amide bonds. The van der Waals surface area contributed by atoms with Gasteiger partial charge in [-0.05, 0) is 38.5 Å². The third-order valence-corrected chi connectivity index (χ3v) is 4.21. The van der Waals surface area contributed by atoms with Gasteiger partial charge in [-0.3, -0.25) is 4.79 Å². The van der Waals surface area contributed by atoms with Gasteiger partial charge in [0.05, 0.1) is 17.4 Å². The molecule has 1 aromatic carbocycles. The number of benzene rings is 1. The van der Waals surface area contributed by atoms with Crippen LogP contribution in [0.15, 0.2) is 29.3 Å². The maximum absolute atomic E-state index is 11.3. The second-order valence-electron chi connectivity index (χ2n) is 4.50. The lowest BCUT2D eigenvalue weighted by Gasteiger charge is -2.11. The molecular formula is C15H17NO2S. The molecule has 2 aromatic rings. The lowest BCUT2D eigenvalue weighted by atomic mass is 10.1. The number of nitrogens with zero attached hydrogens (tertiary/aromatic N) is 1. The lowest BCUT2D eigenvalue weighted by molar-refractivity contribution is -0.116. The summed E-state index contributed by atoms with van der Waals surface area (Å²) in [4.78, 5) is 16.0. The van der Waals surface area contributed by atoms with E-state index in [1.54, 1.807) is 14.0 Å². The SMILES string of the molecule is COc1cccc2c(C)cc(S[C@H](C)C(C)=O)nc12. The maximum atomic E-state index is 11.3. The highest BCUT2D eigenvalue weighted by molar-refractivity contribution is 8.00. The normalized spacial score (nSPS) is 12.4.